The largest absolute Gasteiger partial charge is 0.224 e. The minimum atomic E-state index is 0.577. The highest BCUT2D eigenvalue weighted by Crippen LogP contribution is 2.30. The van der Waals surface area contributed by atoms with E-state index < -0.39 is 0 Å². The molecular formula is C12H12ClNS. The van der Waals surface area contributed by atoms with Gasteiger partial charge in [-0.2, -0.15) is 0 Å². The Morgan fingerprint density at radius 1 is 1.13 bits per heavy atom. The van der Waals surface area contributed by atoms with E-state index in [1.54, 1.807) is 11.3 Å². The fraction of sp³-hybridized carbons (Fsp3) is 0.250. The number of aryl methyl sites for hydroxylation is 1. The minimum Gasteiger partial charge on any atom is -0.224 e. The number of hydrogen-bond acceptors (Lipinski definition) is 2. The molecule has 2 aromatic rings. The third kappa shape index (κ3) is 1.92. The van der Waals surface area contributed by atoms with Gasteiger partial charge in [-0.05, 0) is 37.5 Å². The summed E-state index contributed by atoms with van der Waals surface area (Å²) >= 11 is 7.42. The van der Waals surface area contributed by atoms with Crippen LogP contribution in [-0.2, 0) is 0 Å². The van der Waals surface area contributed by atoms with Crippen LogP contribution in [0.4, 0.5) is 0 Å². The molecule has 1 aromatic heterocycles. The summed E-state index contributed by atoms with van der Waals surface area (Å²) in [5, 5.41) is 3.44. The van der Waals surface area contributed by atoms with Crippen LogP contribution in [0.25, 0.3) is 10.6 Å². The molecule has 0 aliphatic rings. The summed E-state index contributed by atoms with van der Waals surface area (Å²) in [6.07, 6.45) is 0. The van der Waals surface area contributed by atoms with Crippen molar-refractivity contribution in [1.82, 2.24) is 4.98 Å². The normalized spacial score (nSPS) is 10.7. The Kier molecular flexibility index (Phi) is 2.81. The van der Waals surface area contributed by atoms with Gasteiger partial charge in [0.1, 0.15) is 10.2 Å². The minimum absolute atomic E-state index is 0.577. The first kappa shape index (κ1) is 10.7. The molecule has 2 rings (SSSR count). The second kappa shape index (κ2) is 3.95. The van der Waals surface area contributed by atoms with Crippen molar-refractivity contribution in [3.63, 3.8) is 0 Å². The average Bonchev–Trinajstić information content (AvgIpc) is 2.61. The lowest BCUT2D eigenvalue weighted by Crippen LogP contribution is -1.90. The molecule has 0 N–H and O–H groups in total. The lowest BCUT2D eigenvalue weighted by Gasteiger charge is -2.08. The summed E-state index contributed by atoms with van der Waals surface area (Å²) in [4.78, 5) is 4.30. The smallest absolute Gasteiger partial charge is 0.140 e. The second-order valence-corrected chi connectivity index (χ2v) is 4.90. The van der Waals surface area contributed by atoms with Gasteiger partial charge in [-0.15, -0.1) is 11.3 Å². The molecule has 0 saturated carbocycles. The van der Waals surface area contributed by atoms with Crippen molar-refractivity contribution in [2.24, 2.45) is 0 Å². The summed E-state index contributed by atoms with van der Waals surface area (Å²) in [6.45, 7) is 6.40. The van der Waals surface area contributed by atoms with Crippen LogP contribution in [0.5, 0.6) is 0 Å². The molecule has 1 heterocycles. The highest BCUT2D eigenvalue weighted by atomic mass is 35.5. The third-order valence-corrected chi connectivity index (χ3v) is 3.96. The number of hydrogen-bond donors (Lipinski definition) is 0. The molecule has 0 fully saturated rings. The summed E-state index contributed by atoms with van der Waals surface area (Å²) in [5.74, 6) is 0. The third-order valence-electron chi connectivity index (χ3n) is 2.76. The van der Waals surface area contributed by atoms with Crippen molar-refractivity contribution < 1.29 is 0 Å². The lowest BCUT2D eigenvalue weighted by molar-refractivity contribution is 1.26. The highest BCUT2D eigenvalue weighted by Gasteiger charge is 2.09. The molecule has 15 heavy (non-hydrogen) atoms. The Hall–Kier alpha value is -0.860. The second-order valence-electron chi connectivity index (χ2n) is 3.66. The standard InChI is InChI=1S/C12H12ClNS/c1-7-4-5-10(9(3)8(7)2)12-14-11(13)6-15-12/h4-6H,1-3H3. The van der Waals surface area contributed by atoms with Gasteiger partial charge in [-0.3, -0.25) is 0 Å². The first-order valence-electron chi connectivity index (χ1n) is 4.78. The van der Waals surface area contributed by atoms with E-state index in [0.717, 1.165) is 5.01 Å². The number of nitrogens with zero attached hydrogens (tertiary/aromatic N) is 1. The van der Waals surface area contributed by atoms with E-state index in [1.165, 1.54) is 22.3 Å². The molecule has 3 heteroatoms. The van der Waals surface area contributed by atoms with Crippen LogP contribution in [0, 0.1) is 20.8 Å². The predicted octanol–water partition coefficient (Wildman–Crippen LogP) is 4.39. The van der Waals surface area contributed by atoms with E-state index in [4.69, 9.17) is 11.6 Å². The molecule has 0 radical (unpaired) electrons. The number of rotatable bonds is 1. The van der Waals surface area contributed by atoms with Crippen LogP contribution in [0.2, 0.25) is 5.15 Å². The fourth-order valence-electron chi connectivity index (χ4n) is 1.57. The van der Waals surface area contributed by atoms with E-state index in [0.29, 0.717) is 5.15 Å². The SMILES string of the molecule is Cc1ccc(-c2nc(Cl)cs2)c(C)c1C. The molecule has 0 aliphatic heterocycles. The zero-order valence-electron chi connectivity index (χ0n) is 8.97. The maximum Gasteiger partial charge on any atom is 0.140 e. The predicted molar refractivity (Wildman–Crippen MR) is 66.8 cm³/mol. The van der Waals surface area contributed by atoms with Crippen molar-refractivity contribution in [3.05, 3.63) is 39.4 Å². The summed E-state index contributed by atoms with van der Waals surface area (Å²) in [7, 11) is 0. The monoisotopic (exact) mass is 237 g/mol. The van der Waals surface area contributed by atoms with Crippen molar-refractivity contribution in [3.8, 4) is 10.6 Å². The Morgan fingerprint density at radius 3 is 2.47 bits per heavy atom. The molecule has 1 aromatic carbocycles. The van der Waals surface area contributed by atoms with Crippen molar-refractivity contribution in [2.45, 2.75) is 20.8 Å². The molecule has 0 unspecified atom stereocenters. The van der Waals surface area contributed by atoms with Gasteiger partial charge in [-0.25, -0.2) is 4.98 Å². The molecule has 78 valence electrons. The number of aromatic nitrogens is 1. The molecule has 1 nitrogen and oxygen atoms in total. The quantitative estimate of drug-likeness (QED) is 0.717. The Bertz CT molecular complexity index is 502. The molecule has 0 aliphatic carbocycles. The van der Waals surface area contributed by atoms with Gasteiger partial charge in [0, 0.05) is 10.9 Å². The highest BCUT2D eigenvalue weighted by molar-refractivity contribution is 7.13. The average molecular weight is 238 g/mol. The number of thiazole rings is 1. The Morgan fingerprint density at radius 2 is 1.87 bits per heavy atom. The van der Waals surface area contributed by atoms with Crippen molar-refractivity contribution in [2.75, 3.05) is 0 Å². The molecule has 0 atom stereocenters. The fourth-order valence-corrected chi connectivity index (χ4v) is 2.59. The van der Waals surface area contributed by atoms with Crippen LogP contribution in [0.3, 0.4) is 0 Å². The van der Waals surface area contributed by atoms with Gasteiger partial charge in [0.15, 0.2) is 0 Å². The summed E-state index contributed by atoms with van der Waals surface area (Å²) < 4.78 is 0. The number of benzene rings is 1. The van der Waals surface area contributed by atoms with Gasteiger partial charge in [0.2, 0.25) is 0 Å². The lowest BCUT2D eigenvalue weighted by atomic mass is 9.99. The zero-order chi connectivity index (χ0) is 11.0. The summed E-state index contributed by atoms with van der Waals surface area (Å²) in [5.41, 5.74) is 5.13. The maximum absolute atomic E-state index is 5.83. The number of halogens is 1. The van der Waals surface area contributed by atoms with Gasteiger partial charge in [0.05, 0.1) is 0 Å². The van der Waals surface area contributed by atoms with Gasteiger partial charge < -0.3 is 0 Å². The maximum atomic E-state index is 5.83. The zero-order valence-corrected chi connectivity index (χ0v) is 10.5. The van der Waals surface area contributed by atoms with Gasteiger partial charge >= 0.3 is 0 Å². The van der Waals surface area contributed by atoms with E-state index in [1.807, 2.05) is 5.38 Å². The van der Waals surface area contributed by atoms with E-state index in [9.17, 15) is 0 Å². The van der Waals surface area contributed by atoms with Crippen LogP contribution in [-0.4, -0.2) is 4.98 Å². The first-order chi connectivity index (χ1) is 7.09. The first-order valence-corrected chi connectivity index (χ1v) is 6.03. The topological polar surface area (TPSA) is 12.9 Å². The molecule has 0 spiro atoms. The molecule has 0 amide bonds. The summed E-state index contributed by atoms with van der Waals surface area (Å²) in [6, 6.07) is 4.25. The van der Waals surface area contributed by atoms with Crippen LogP contribution in [0.15, 0.2) is 17.5 Å². The molecule has 0 bridgehead atoms. The van der Waals surface area contributed by atoms with Gasteiger partial charge in [-0.1, -0.05) is 23.7 Å². The molecule has 0 saturated heterocycles. The van der Waals surface area contributed by atoms with E-state index >= 15 is 0 Å². The van der Waals surface area contributed by atoms with Crippen LogP contribution >= 0.6 is 22.9 Å². The Balaban J connectivity index is 2.59. The van der Waals surface area contributed by atoms with E-state index in [2.05, 4.69) is 37.9 Å². The van der Waals surface area contributed by atoms with Crippen LogP contribution in [0.1, 0.15) is 16.7 Å². The van der Waals surface area contributed by atoms with Crippen molar-refractivity contribution >= 4 is 22.9 Å². The van der Waals surface area contributed by atoms with E-state index in [-0.39, 0.29) is 0 Å². The van der Waals surface area contributed by atoms with Crippen molar-refractivity contribution in [1.29, 1.82) is 0 Å². The van der Waals surface area contributed by atoms with Crippen LogP contribution < -0.4 is 0 Å². The molecular weight excluding hydrogens is 226 g/mol. The Labute approximate surface area is 98.7 Å². The van der Waals surface area contributed by atoms with Gasteiger partial charge in [0.25, 0.3) is 0 Å².